The second-order valence-electron chi connectivity index (χ2n) is 10.2. The molecule has 0 aromatic heterocycles. The van der Waals surface area contributed by atoms with Gasteiger partial charge in [0.1, 0.15) is 11.6 Å². The first-order valence-corrected chi connectivity index (χ1v) is 12.9. The van der Waals surface area contributed by atoms with Crippen molar-refractivity contribution >= 4 is 5.97 Å². The second-order valence-corrected chi connectivity index (χ2v) is 10.2. The first kappa shape index (κ1) is 24.4. The van der Waals surface area contributed by atoms with Gasteiger partial charge in [-0.05, 0) is 111 Å². The molecule has 0 spiro atoms. The zero-order chi connectivity index (χ0) is 23.9. The Bertz CT molecular complexity index is 993. The number of aryl methyl sites for hydroxylation is 1. The molecule has 0 saturated heterocycles. The molecule has 0 N–H and O–H groups in total. The van der Waals surface area contributed by atoms with E-state index in [1.165, 1.54) is 56.6 Å². The molecule has 34 heavy (non-hydrogen) atoms. The van der Waals surface area contributed by atoms with Crippen molar-refractivity contribution in [2.45, 2.75) is 70.1 Å². The van der Waals surface area contributed by atoms with Crippen LogP contribution in [0.1, 0.15) is 85.2 Å². The van der Waals surface area contributed by atoms with Crippen molar-refractivity contribution < 1.29 is 13.9 Å². The largest absolute Gasteiger partial charge is 0.423 e. The molecule has 4 unspecified atom stereocenters. The number of benzene rings is 2. The van der Waals surface area contributed by atoms with Crippen LogP contribution in [0, 0.1) is 23.6 Å². The summed E-state index contributed by atoms with van der Waals surface area (Å²) in [5, 5.41) is 0. The lowest BCUT2D eigenvalue weighted by Crippen LogP contribution is -2.30. The average molecular weight is 461 g/mol. The number of fused-ring (bicyclic) bond motifs is 1. The fourth-order valence-corrected chi connectivity index (χ4v) is 6.01. The molecule has 180 valence electrons. The highest BCUT2D eigenvalue weighted by atomic mass is 19.1. The van der Waals surface area contributed by atoms with Crippen LogP contribution in [0.15, 0.2) is 67.8 Å². The zero-order valence-corrected chi connectivity index (χ0v) is 20.2. The number of allylic oxidation sites excluding steroid dienone is 2. The van der Waals surface area contributed by atoms with Crippen molar-refractivity contribution in [1.29, 1.82) is 0 Å². The monoisotopic (exact) mass is 460 g/mol. The molecule has 3 heteroatoms. The van der Waals surface area contributed by atoms with Crippen LogP contribution in [-0.2, 0) is 6.42 Å². The predicted octanol–water partition coefficient (Wildman–Crippen LogP) is 8.43. The highest BCUT2D eigenvalue weighted by molar-refractivity contribution is 5.91. The molecule has 0 amide bonds. The van der Waals surface area contributed by atoms with Crippen molar-refractivity contribution in [1.82, 2.24) is 0 Å². The maximum absolute atomic E-state index is 14.3. The number of hydrogen-bond donors (Lipinski definition) is 0. The van der Waals surface area contributed by atoms with Crippen LogP contribution in [0.5, 0.6) is 5.75 Å². The number of ether oxygens (including phenoxy) is 1. The minimum absolute atomic E-state index is 0.232. The Morgan fingerprint density at radius 2 is 1.68 bits per heavy atom. The third kappa shape index (κ3) is 6.05. The Hall–Kier alpha value is -2.68. The molecule has 4 atom stereocenters. The zero-order valence-electron chi connectivity index (χ0n) is 20.2. The van der Waals surface area contributed by atoms with Crippen LogP contribution in [-0.4, -0.2) is 5.97 Å². The lowest BCUT2D eigenvalue weighted by Gasteiger charge is -2.42. The number of esters is 1. The van der Waals surface area contributed by atoms with E-state index in [9.17, 15) is 9.18 Å². The molecule has 4 rings (SSSR count). The van der Waals surface area contributed by atoms with Gasteiger partial charge in [0.05, 0.1) is 5.56 Å². The highest BCUT2D eigenvalue weighted by Crippen LogP contribution is 2.48. The van der Waals surface area contributed by atoms with Gasteiger partial charge >= 0.3 is 5.97 Å². The number of halogens is 1. The summed E-state index contributed by atoms with van der Waals surface area (Å²) >= 11 is 0. The summed E-state index contributed by atoms with van der Waals surface area (Å²) in [4.78, 5) is 12.6. The molecule has 2 aromatic rings. The van der Waals surface area contributed by atoms with E-state index in [0.717, 1.165) is 24.2 Å². The van der Waals surface area contributed by atoms with Gasteiger partial charge in [0.25, 0.3) is 0 Å². The van der Waals surface area contributed by atoms with Crippen molar-refractivity contribution in [2.75, 3.05) is 0 Å². The van der Waals surface area contributed by atoms with Crippen LogP contribution in [0.2, 0.25) is 0 Å². The van der Waals surface area contributed by atoms with E-state index in [4.69, 9.17) is 4.74 Å². The second kappa shape index (κ2) is 11.6. The molecular formula is C31H37FO2. The number of rotatable bonds is 9. The molecule has 0 aliphatic heterocycles. The standard InChI is InChI=1S/C31H37FO2/c1-3-5-7-22-9-10-28-20-27(16-15-26(28)19-22)23-11-13-25(14-12-23)31(33)34-29-18-17-24(8-6-4-2)30(32)21-29/h3-4,11-14,17-18,21-22,26-28H,1-2,5-10,15-16,19-20H2. The predicted molar refractivity (Wildman–Crippen MR) is 137 cm³/mol. The summed E-state index contributed by atoms with van der Waals surface area (Å²) in [5.41, 5.74) is 2.42. The van der Waals surface area contributed by atoms with Gasteiger partial charge in [0.15, 0.2) is 0 Å². The van der Waals surface area contributed by atoms with E-state index >= 15 is 0 Å². The number of carbonyl (C=O) groups excluding carboxylic acids is 1. The van der Waals surface area contributed by atoms with E-state index in [1.807, 2.05) is 12.1 Å². The normalized spacial score (nSPS) is 24.1. The molecule has 0 radical (unpaired) electrons. The Balaban J connectivity index is 1.32. The lowest BCUT2D eigenvalue weighted by molar-refractivity contribution is 0.0734. The van der Waals surface area contributed by atoms with E-state index in [2.05, 4.69) is 31.4 Å². The summed E-state index contributed by atoms with van der Waals surface area (Å²) in [6.45, 7) is 7.54. The van der Waals surface area contributed by atoms with Crippen molar-refractivity contribution in [2.24, 2.45) is 17.8 Å². The number of hydrogen-bond acceptors (Lipinski definition) is 2. The van der Waals surface area contributed by atoms with Gasteiger partial charge < -0.3 is 4.74 Å². The Morgan fingerprint density at radius 1 is 0.941 bits per heavy atom. The van der Waals surface area contributed by atoms with E-state index in [-0.39, 0.29) is 11.6 Å². The molecule has 2 nitrogen and oxygen atoms in total. The number of carbonyl (C=O) groups is 1. The Morgan fingerprint density at radius 3 is 2.41 bits per heavy atom. The van der Waals surface area contributed by atoms with Crippen molar-refractivity contribution in [3.63, 3.8) is 0 Å². The minimum atomic E-state index is -0.452. The van der Waals surface area contributed by atoms with Crippen LogP contribution >= 0.6 is 0 Å². The van der Waals surface area contributed by atoms with E-state index < -0.39 is 5.97 Å². The molecule has 2 fully saturated rings. The van der Waals surface area contributed by atoms with Gasteiger partial charge in [0.2, 0.25) is 0 Å². The molecule has 2 aliphatic carbocycles. The molecule has 2 saturated carbocycles. The quantitative estimate of drug-likeness (QED) is 0.213. The Kier molecular flexibility index (Phi) is 8.37. The molecular weight excluding hydrogens is 423 g/mol. The summed E-state index contributed by atoms with van der Waals surface area (Å²) < 4.78 is 19.7. The van der Waals surface area contributed by atoms with Gasteiger partial charge in [0, 0.05) is 6.07 Å². The van der Waals surface area contributed by atoms with Gasteiger partial charge in [-0.2, -0.15) is 0 Å². The topological polar surface area (TPSA) is 26.3 Å². The van der Waals surface area contributed by atoms with Gasteiger partial charge in [-0.1, -0.05) is 36.8 Å². The first-order valence-electron chi connectivity index (χ1n) is 12.9. The maximum atomic E-state index is 14.3. The minimum Gasteiger partial charge on any atom is -0.423 e. The summed E-state index contributed by atoms with van der Waals surface area (Å²) in [6, 6.07) is 12.5. The van der Waals surface area contributed by atoms with Gasteiger partial charge in [-0.25, -0.2) is 9.18 Å². The van der Waals surface area contributed by atoms with Crippen LogP contribution < -0.4 is 4.74 Å². The van der Waals surface area contributed by atoms with E-state index in [1.54, 1.807) is 18.2 Å². The molecule has 0 bridgehead atoms. The maximum Gasteiger partial charge on any atom is 0.343 e. The lowest BCUT2D eigenvalue weighted by atomic mass is 9.63. The fraction of sp³-hybridized carbons (Fsp3) is 0.452. The van der Waals surface area contributed by atoms with E-state index in [0.29, 0.717) is 29.9 Å². The Labute approximate surface area is 203 Å². The van der Waals surface area contributed by atoms with Crippen molar-refractivity contribution in [3.05, 3.63) is 90.3 Å². The molecule has 0 heterocycles. The van der Waals surface area contributed by atoms with Gasteiger partial charge in [-0.3, -0.25) is 0 Å². The average Bonchev–Trinajstić information content (AvgIpc) is 2.86. The van der Waals surface area contributed by atoms with Crippen LogP contribution in [0.4, 0.5) is 4.39 Å². The SMILES string of the molecule is C=CCCc1ccc(OC(=O)c2ccc(C3CCC4CC(CCC=C)CCC4C3)cc2)cc1F. The van der Waals surface area contributed by atoms with Crippen LogP contribution in [0.25, 0.3) is 0 Å². The summed E-state index contributed by atoms with van der Waals surface area (Å²) in [5.74, 6) is 2.62. The molecule has 2 aromatic carbocycles. The smallest absolute Gasteiger partial charge is 0.343 e. The third-order valence-corrected chi connectivity index (χ3v) is 7.97. The summed E-state index contributed by atoms with van der Waals surface area (Å²) in [6.07, 6.45) is 15.5. The van der Waals surface area contributed by atoms with Crippen molar-refractivity contribution in [3.8, 4) is 5.75 Å². The highest BCUT2D eigenvalue weighted by Gasteiger charge is 2.35. The molecule has 2 aliphatic rings. The fourth-order valence-electron chi connectivity index (χ4n) is 6.01. The van der Waals surface area contributed by atoms with Gasteiger partial charge in [-0.15, -0.1) is 13.2 Å². The third-order valence-electron chi connectivity index (χ3n) is 7.97. The first-order chi connectivity index (χ1) is 16.6. The summed E-state index contributed by atoms with van der Waals surface area (Å²) in [7, 11) is 0. The van der Waals surface area contributed by atoms with Crippen LogP contribution in [0.3, 0.4) is 0 Å².